The van der Waals surface area contributed by atoms with Crippen LogP contribution in [0.15, 0.2) is 40.4 Å². The normalized spacial score (nSPS) is 24.1. The van der Waals surface area contributed by atoms with E-state index in [0.29, 0.717) is 28.4 Å². The predicted octanol–water partition coefficient (Wildman–Crippen LogP) is 4.28. The van der Waals surface area contributed by atoms with Crippen LogP contribution in [0.3, 0.4) is 0 Å². The number of benzene rings is 1. The lowest BCUT2D eigenvalue weighted by atomic mass is 10.1. The second-order valence-corrected chi connectivity index (χ2v) is 7.42. The molecule has 2 fully saturated rings. The van der Waals surface area contributed by atoms with Gasteiger partial charge in [0.1, 0.15) is 17.2 Å². The van der Waals surface area contributed by atoms with Gasteiger partial charge < -0.3 is 9.73 Å². The fraction of sp³-hybridized carbons (Fsp3) is 0.300. The minimum atomic E-state index is -0.160. The van der Waals surface area contributed by atoms with E-state index in [2.05, 4.69) is 18.3 Å². The molecule has 4 nitrogen and oxygen atoms in total. The third-order valence-electron chi connectivity index (χ3n) is 4.75. The zero-order valence-electron chi connectivity index (χ0n) is 14.5. The average Bonchev–Trinajstić information content (AvgIpc) is 2.97. The number of furan rings is 1. The topological polar surface area (TPSA) is 45.5 Å². The van der Waals surface area contributed by atoms with E-state index in [1.165, 1.54) is 11.3 Å². The minimum Gasteiger partial charge on any atom is -0.461 e. The van der Waals surface area contributed by atoms with E-state index in [4.69, 9.17) is 16.6 Å². The second kappa shape index (κ2) is 5.85. The molecule has 5 heteroatoms. The van der Waals surface area contributed by atoms with Crippen molar-refractivity contribution >= 4 is 35.0 Å². The smallest absolute Gasteiger partial charge is 0.281 e. The van der Waals surface area contributed by atoms with E-state index in [9.17, 15) is 4.79 Å². The Balaban J connectivity index is 1.61. The summed E-state index contributed by atoms with van der Waals surface area (Å²) in [6, 6.07) is 9.90. The van der Waals surface area contributed by atoms with Gasteiger partial charge in [-0.1, -0.05) is 13.0 Å². The fourth-order valence-electron chi connectivity index (χ4n) is 3.36. The zero-order chi connectivity index (χ0) is 17.7. The van der Waals surface area contributed by atoms with Crippen LogP contribution in [0.25, 0.3) is 6.08 Å². The molecule has 1 N–H and O–H groups in total. The molecule has 1 amide bonds. The Hall–Kier alpha value is -2.40. The molecule has 0 bridgehead atoms. The van der Waals surface area contributed by atoms with Crippen LogP contribution in [0.5, 0.6) is 0 Å². The standard InChI is InChI=1S/C20H20N2O2S/c1-11-6-12(2)8-14(7-11)22-19(23)17(21-20(22)25)10-15-4-5-18(24-15)16-9-13(16)3/h4-8,10,13,16H,9H2,1-3H3,(H,21,25)/b17-10-/t13-,16-/m0/s1. The molecule has 1 aliphatic carbocycles. The predicted molar refractivity (Wildman–Crippen MR) is 102 cm³/mol. The maximum Gasteiger partial charge on any atom is 0.281 e. The highest BCUT2D eigenvalue weighted by molar-refractivity contribution is 7.80. The highest BCUT2D eigenvalue weighted by Crippen LogP contribution is 2.47. The highest BCUT2D eigenvalue weighted by atomic mass is 32.1. The number of aryl methyl sites for hydroxylation is 2. The lowest BCUT2D eigenvalue weighted by Crippen LogP contribution is -2.30. The largest absolute Gasteiger partial charge is 0.461 e. The number of hydrogen-bond donors (Lipinski definition) is 1. The molecule has 1 saturated carbocycles. The van der Waals surface area contributed by atoms with Crippen molar-refractivity contribution in [3.05, 3.63) is 58.7 Å². The lowest BCUT2D eigenvalue weighted by Gasteiger charge is -2.15. The molecule has 2 atom stereocenters. The summed E-state index contributed by atoms with van der Waals surface area (Å²) in [6.45, 7) is 6.23. The average molecular weight is 352 g/mol. The maximum absolute atomic E-state index is 12.8. The molecular weight excluding hydrogens is 332 g/mol. The Morgan fingerprint density at radius 2 is 1.92 bits per heavy atom. The van der Waals surface area contributed by atoms with Gasteiger partial charge in [0.2, 0.25) is 0 Å². The number of hydrogen-bond acceptors (Lipinski definition) is 3. The van der Waals surface area contributed by atoms with E-state index in [0.717, 1.165) is 22.6 Å². The van der Waals surface area contributed by atoms with Crippen LogP contribution in [-0.4, -0.2) is 11.0 Å². The zero-order valence-corrected chi connectivity index (χ0v) is 15.3. The molecule has 1 saturated heterocycles. The first-order valence-electron chi connectivity index (χ1n) is 8.47. The molecule has 0 spiro atoms. The van der Waals surface area contributed by atoms with Gasteiger partial charge in [-0.3, -0.25) is 9.69 Å². The van der Waals surface area contributed by atoms with Crippen LogP contribution >= 0.6 is 12.2 Å². The van der Waals surface area contributed by atoms with Crippen molar-refractivity contribution in [2.24, 2.45) is 5.92 Å². The number of thiocarbonyl (C=S) groups is 1. The highest BCUT2D eigenvalue weighted by Gasteiger charge is 2.37. The molecular formula is C20H20N2O2S. The Bertz CT molecular complexity index is 892. The van der Waals surface area contributed by atoms with Crippen molar-refractivity contribution in [3.8, 4) is 0 Å². The van der Waals surface area contributed by atoms with Gasteiger partial charge in [0.05, 0.1) is 5.69 Å². The van der Waals surface area contributed by atoms with Crippen molar-refractivity contribution < 1.29 is 9.21 Å². The third kappa shape index (κ3) is 3.00. The monoisotopic (exact) mass is 352 g/mol. The number of nitrogens with zero attached hydrogens (tertiary/aromatic N) is 1. The van der Waals surface area contributed by atoms with Crippen LogP contribution < -0.4 is 10.2 Å². The summed E-state index contributed by atoms with van der Waals surface area (Å²) in [7, 11) is 0. The van der Waals surface area contributed by atoms with E-state index in [1.54, 1.807) is 6.08 Å². The molecule has 2 heterocycles. The van der Waals surface area contributed by atoms with E-state index >= 15 is 0 Å². The van der Waals surface area contributed by atoms with Gasteiger partial charge in [-0.15, -0.1) is 0 Å². The van der Waals surface area contributed by atoms with Gasteiger partial charge in [0.25, 0.3) is 5.91 Å². The van der Waals surface area contributed by atoms with E-state index in [1.807, 2.05) is 38.1 Å². The number of carbonyl (C=O) groups is 1. The molecule has 2 aromatic rings. The molecule has 128 valence electrons. The van der Waals surface area contributed by atoms with Gasteiger partial charge in [-0.05, 0) is 73.8 Å². The Morgan fingerprint density at radius 3 is 2.56 bits per heavy atom. The molecule has 1 aromatic carbocycles. The van der Waals surface area contributed by atoms with Gasteiger partial charge in [-0.25, -0.2) is 0 Å². The van der Waals surface area contributed by atoms with Crippen molar-refractivity contribution in [1.82, 2.24) is 5.32 Å². The van der Waals surface area contributed by atoms with E-state index in [-0.39, 0.29) is 5.91 Å². The quantitative estimate of drug-likeness (QED) is 0.661. The van der Waals surface area contributed by atoms with Crippen LogP contribution in [0.1, 0.15) is 41.9 Å². The summed E-state index contributed by atoms with van der Waals surface area (Å²) in [5.74, 6) is 2.72. The Labute approximate surface area is 152 Å². The third-order valence-corrected chi connectivity index (χ3v) is 5.04. The Kier molecular flexibility index (Phi) is 3.76. The van der Waals surface area contributed by atoms with Crippen LogP contribution in [0.2, 0.25) is 0 Å². The lowest BCUT2D eigenvalue weighted by molar-refractivity contribution is -0.113. The van der Waals surface area contributed by atoms with E-state index < -0.39 is 0 Å². The molecule has 1 aliphatic heterocycles. The maximum atomic E-state index is 12.8. The molecule has 25 heavy (non-hydrogen) atoms. The van der Waals surface area contributed by atoms with Gasteiger partial charge >= 0.3 is 0 Å². The number of nitrogens with one attached hydrogen (secondary N) is 1. The summed E-state index contributed by atoms with van der Waals surface area (Å²) in [4.78, 5) is 14.4. The molecule has 0 unspecified atom stereocenters. The SMILES string of the molecule is Cc1cc(C)cc(N2C(=O)/C(=C/c3ccc([C@H]4C[C@@H]4C)o3)NC2=S)c1. The second-order valence-electron chi connectivity index (χ2n) is 7.03. The fourth-order valence-corrected chi connectivity index (χ4v) is 3.65. The van der Waals surface area contributed by atoms with Crippen molar-refractivity contribution in [3.63, 3.8) is 0 Å². The summed E-state index contributed by atoms with van der Waals surface area (Å²) >= 11 is 5.37. The molecule has 2 aliphatic rings. The van der Waals surface area contributed by atoms with Crippen LogP contribution in [0, 0.1) is 19.8 Å². The first kappa shape index (κ1) is 16.1. The number of anilines is 1. The van der Waals surface area contributed by atoms with Crippen molar-refractivity contribution in [2.75, 3.05) is 4.90 Å². The molecule has 0 radical (unpaired) electrons. The van der Waals surface area contributed by atoms with Gasteiger partial charge in [0.15, 0.2) is 5.11 Å². The van der Waals surface area contributed by atoms with Gasteiger partial charge in [0, 0.05) is 12.0 Å². The van der Waals surface area contributed by atoms with Crippen molar-refractivity contribution in [2.45, 2.75) is 33.1 Å². The first-order chi connectivity index (χ1) is 11.9. The minimum absolute atomic E-state index is 0.160. The summed E-state index contributed by atoms with van der Waals surface area (Å²) < 4.78 is 5.87. The number of rotatable bonds is 3. The first-order valence-corrected chi connectivity index (χ1v) is 8.88. The van der Waals surface area contributed by atoms with Crippen LogP contribution in [-0.2, 0) is 4.79 Å². The molecule has 1 aromatic heterocycles. The number of carbonyl (C=O) groups excluding carboxylic acids is 1. The summed E-state index contributed by atoms with van der Waals surface area (Å²) in [5, 5.41) is 3.40. The Morgan fingerprint density at radius 1 is 1.24 bits per heavy atom. The molecule has 4 rings (SSSR count). The van der Waals surface area contributed by atoms with Gasteiger partial charge in [-0.2, -0.15) is 0 Å². The van der Waals surface area contributed by atoms with Crippen LogP contribution in [0.4, 0.5) is 5.69 Å². The van der Waals surface area contributed by atoms with Crippen molar-refractivity contribution in [1.29, 1.82) is 0 Å². The summed E-state index contributed by atoms with van der Waals surface area (Å²) in [6.07, 6.45) is 2.90. The number of amides is 1. The summed E-state index contributed by atoms with van der Waals surface area (Å²) in [5.41, 5.74) is 3.42.